The topological polar surface area (TPSA) is 27.0 Å². The van der Waals surface area contributed by atoms with E-state index in [-0.39, 0.29) is 0 Å². The van der Waals surface area contributed by atoms with Gasteiger partial charge in [0.1, 0.15) is 0 Å². The van der Waals surface area contributed by atoms with E-state index in [1.165, 1.54) is 38.0 Å². The SMILES string of the molecule is CC(=C\C#N)/C=C(\C)N1CCCCC1. The highest BCUT2D eigenvalue weighted by Crippen LogP contribution is 2.15. The Morgan fingerprint density at radius 3 is 2.43 bits per heavy atom. The van der Waals surface area contributed by atoms with Crippen molar-refractivity contribution in [2.45, 2.75) is 33.1 Å². The Hall–Kier alpha value is -1.23. The molecule has 14 heavy (non-hydrogen) atoms. The van der Waals surface area contributed by atoms with Crippen molar-refractivity contribution in [3.05, 3.63) is 23.4 Å². The molecular formula is C12H18N2. The molecule has 0 aromatic rings. The van der Waals surface area contributed by atoms with Crippen LogP contribution >= 0.6 is 0 Å². The lowest BCUT2D eigenvalue weighted by molar-refractivity contribution is 0.286. The fourth-order valence-electron chi connectivity index (χ4n) is 1.81. The van der Waals surface area contributed by atoms with Crippen LogP contribution in [0.4, 0.5) is 0 Å². The maximum atomic E-state index is 8.49. The Balaban J connectivity index is 2.59. The summed E-state index contributed by atoms with van der Waals surface area (Å²) in [7, 11) is 0. The fraction of sp³-hybridized carbons (Fsp3) is 0.583. The zero-order chi connectivity index (χ0) is 10.4. The van der Waals surface area contributed by atoms with E-state index in [9.17, 15) is 0 Å². The van der Waals surface area contributed by atoms with Crippen molar-refractivity contribution < 1.29 is 0 Å². The molecule has 1 saturated heterocycles. The van der Waals surface area contributed by atoms with Gasteiger partial charge in [0.25, 0.3) is 0 Å². The maximum absolute atomic E-state index is 8.49. The molecule has 1 aliphatic heterocycles. The van der Waals surface area contributed by atoms with E-state index < -0.39 is 0 Å². The van der Waals surface area contributed by atoms with Crippen molar-refractivity contribution in [2.75, 3.05) is 13.1 Å². The molecule has 0 spiro atoms. The summed E-state index contributed by atoms with van der Waals surface area (Å²) in [5.41, 5.74) is 2.32. The molecule has 0 aliphatic carbocycles. The van der Waals surface area contributed by atoms with E-state index in [2.05, 4.69) is 24.0 Å². The minimum atomic E-state index is 1.04. The Morgan fingerprint density at radius 1 is 1.21 bits per heavy atom. The normalized spacial score (nSPS) is 19.4. The first-order valence-electron chi connectivity index (χ1n) is 5.23. The first-order chi connectivity index (χ1) is 6.74. The Bertz CT molecular complexity index is 275. The van der Waals surface area contributed by atoms with Gasteiger partial charge in [0.15, 0.2) is 0 Å². The second kappa shape index (κ2) is 5.49. The van der Waals surface area contributed by atoms with E-state index in [0.717, 1.165) is 5.57 Å². The molecule has 0 bridgehead atoms. The van der Waals surface area contributed by atoms with Gasteiger partial charge in [-0.1, -0.05) is 0 Å². The smallest absolute Gasteiger partial charge is 0.0914 e. The van der Waals surface area contributed by atoms with Crippen LogP contribution in [0.25, 0.3) is 0 Å². The Labute approximate surface area is 86.5 Å². The second-order valence-corrected chi connectivity index (χ2v) is 3.85. The van der Waals surface area contributed by atoms with E-state index in [1.807, 2.05) is 6.92 Å². The number of nitriles is 1. The first-order valence-corrected chi connectivity index (χ1v) is 5.23. The van der Waals surface area contributed by atoms with Gasteiger partial charge in [-0.05, 0) is 44.8 Å². The van der Waals surface area contributed by atoms with Crippen LogP contribution in [0.1, 0.15) is 33.1 Å². The van der Waals surface area contributed by atoms with Gasteiger partial charge < -0.3 is 4.90 Å². The molecule has 0 saturated carbocycles. The molecule has 0 radical (unpaired) electrons. The summed E-state index contributed by atoms with van der Waals surface area (Å²) in [4.78, 5) is 2.40. The summed E-state index contributed by atoms with van der Waals surface area (Å²) in [5.74, 6) is 0. The van der Waals surface area contributed by atoms with Crippen molar-refractivity contribution in [1.29, 1.82) is 5.26 Å². The van der Waals surface area contributed by atoms with Crippen LogP contribution in [0, 0.1) is 11.3 Å². The molecule has 0 atom stereocenters. The zero-order valence-corrected chi connectivity index (χ0v) is 9.08. The second-order valence-electron chi connectivity index (χ2n) is 3.85. The lowest BCUT2D eigenvalue weighted by atomic mass is 10.1. The third-order valence-electron chi connectivity index (χ3n) is 2.58. The molecule has 2 heteroatoms. The van der Waals surface area contributed by atoms with Crippen LogP contribution in [-0.2, 0) is 0 Å². The molecule has 2 nitrogen and oxygen atoms in total. The van der Waals surface area contributed by atoms with E-state index in [0.29, 0.717) is 0 Å². The van der Waals surface area contributed by atoms with Gasteiger partial charge in [-0.3, -0.25) is 0 Å². The molecule has 0 aromatic carbocycles. The summed E-state index contributed by atoms with van der Waals surface area (Å²) in [6, 6.07) is 2.05. The number of rotatable bonds is 2. The van der Waals surface area contributed by atoms with Crippen LogP contribution in [0.2, 0.25) is 0 Å². The molecule has 1 fully saturated rings. The lowest BCUT2D eigenvalue weighted by Gasteiger charge is -2.29. The lowest BCUT2D eigenvalue weighted by Crippen LogP contribution is -2.27. The minimum absolute atomic E-state index is 1.04. The minimum Gasteiger partial charge on any atom is -0.375 e. The largest absolute Gasteiger partial charge is 0.375 e. The van der Waals surface area contributed by atoms with Crippen molar-refractivity contribution in [2.24, 2.45) is 0 Å². The molecule has 1 aliphatic rings. The monoisotopic (exact) mass is 190 g/mol. The van der Waals surface area contributed by atoms with Crippen LogP contribution in [0.5, 0.6) is 0 Å². The molecule has 76 valence electrons. The van der Waals surface area contributed by atoms with Crippen molar-refractivity contribution in [1.82, 2.24) is 4.90 Å². The average molecular weight is 190 g/mol. The van der Waals surface area contributed by atoms with Crippen LogP contribution in [0.15, 0.2) is 23.4 Å². The van der Waals surface area contributed by atoms with Crippen LogP contribution < -0.4 is 0 Å². The Kier molecular flexibility index (Phi) is 4.25. The number of allylic oxidation sites excluding steroid dienone is 4. The molecule has 1 rings (SSSR count). The van der Waals surface area contributed by atoms with Crippen molar-refractivity contribution in [3.63, 3.8) is 0 Å². The summed E-state index contributed by atoms with van der Waals surface area (Å²) >= 11 is 0. The number of piperidine rings is 1. The molecule has 0 aromatic heterocycles. The number of nitrogens with zero attached hydrogens (tertiary/aromatic N) is 2. The van der Waals surface area contributed by atoms with Crippen molar-refractivity contribution >= 4 is 0 Å². The van der Waals surface area contributed by atoms with Gasteiger partial charge in [0, 0.05) is 24.9 Å². The summed E-state index contributed by atoms with van der Waals surface area (Å²) in [6.07, 6.45) is 7.64. The van der Waals surface area contributed by atoms with Gasteiger partial charge in [-0.2, -0.15) is 5.26 Å². The quantitative estimate of drug-likeness (QED) is 0.494. The van der Waals surface area contributed by atoms with Crippen LogP contribution in [0.3, 0.4) is 0 Å². The van der Waals surface area contributed by atoms with Gasteiger partial charge in [0.05, 0.1) is 6.07 Å². The zero-order valence-electron chi connectivity index (χ0n) is 9.08. The average Bonchev–Trinajstić information content (AvgIpc) is 2.19. The van der Waals surface area contributed by atoms with E-state index in [4.69, 9.17) is 5.26 Å². The van der Waals surface area contributed by atoms with Crippen LogP contribution in [-0.4, -0.2) is 18.0 Å². The highest BCUT2D eigenvalue weighted by molar-refractivity contribution is 5.25. The number of hydrogen-bond acceptors (Lipinski definition) is 2. The Morgan fingerprint density at radius 2 is 1.86 bits per heavy atom. The van der Waals surface area contributed by atoms with Gasteiger partial charge in [0.2, 0.25) is 0 Å². The number of hydrogen-bond donors (Lipinski definition) is 0. The third-order valence-corrected chi connectivity index (χ3v) is 2.58. The van der Waals surface area contributed by atoms with Gasteiger partial charge >= 0.3 is 0 Å². The van der Waals surface area contributed by atoms with E-state index in [1.54, 1.807) is 6.08 Å². The van der Waals surface area contributed by atoms with Gasteiger partial charge in [-0.25, -0.2) is 0 Å². The summed E-state index contributed by atoms with van der Waals surface area (Å²) in [5, 5.41) is 8.49. The molecule has 0 unspecified atom stereocenters. The summed E-state index contributed by atoms with van der Waals surface area (Å²) in [6.45, 7) is 6.43. The highest BCUT2D eigenvalue weighted by Gasteiger charge is 2.09. The standard InChI is InChI=1S/C12H18N2/c1-11(6-7-13)10-12(2)14-8-4-3-5-9-14/h6,10H,3-5,8-9H2,1-2H3/b11-6+,12-10+. The predicted octanol–water partition coefficient (Wildman–Crippen LogP) is 2.85. The molecule has 0 amide bonds. The molecule has 0 N–H and O–H groups in total. The van der Waals surface area contributed by atoms with E-state index >= 15 is 0 Å². The van der Waals surface area contributed by atoms with Crippen molar-refractivity contribution in [3.8, 4) is 6.07 Å². The predicted molar refractivity (Wildman–Crippen MR) is 58.6 cm³/mol. The van der Waals surface area contributed by atoms with Gasteiger partial charge in [-0.15, -0.1) is 0 Å². The molecule has 1 heterocycles. The third kappa shape index (κ3) is 3.26. The first kappa shape index (κ1) is 10.8. The fourth-order valence-corrected chi connectivity index (χ4v) is 1.81. The maximum Gasteiger partial charge on any atom is 0.0914 e. The summed E-state index contributed by atoms with van der Waals surface area (Å²) < 4.78 is 0. The molecular weight excluding hydrogens is 172 g/mol. The highest BCUT2D eigenvalue weighted by atomic mass is 15.1. The number of likely N-dealkylation sites (tertiary alicyclic amines) is 1.